The summed E-state index contributed by atoms with van der Waals surface area (Å²) in [6.07, 6.45) is 1.07. The maximum Gasteiger partial charge on any atom is 0.337 e. The molecule has 1 saturated heterocycles. The van der Waals surface area contributed by atoms with Crippen molar-refractivity contribution in [3.8, 4) is 0 Å². The van der Waals surface area contributed by atoms with Crippen LogP contribution in [0.4, 0.5) is 0 Å². The van der Waals surface area contributed by atoms with Crippen molar-refractivity contribution >= 4 is 11.8 Å². The first-order valence-corrected chi connectivity index (χ1v) is 7.72. The summed E-state index contributed by atoms with van der Waals surface area (Å²) in [4.78, 5) is 35.0. The van der Waals surface area contributed by atoms with Gasteiger partial charge in [0.1, 0.15) is 5.78 Å². The quantitative estimate of drug-likeness (QED) is 0.342. The summed E-state index contributed by atoms with van der Waals surface area (Å²) in [7, 11) is 0. The van der Waals surface area contributed by atoms with E-state index in [0.29, 0.717) is 12.2 Å². The molecular weight excluding hydrogens is 314 g/mol. The van der Waals surface area contributed by atoms with Crippen LogP contribution in [0.15, 0.2) is 42.1 Å². The summed E-state index contributed by atoms with van der Waals surface area (Å²) < 4.78 is 10.1. The lowest BCUT2D eigenvalue weighted by molar-refractivity contribution is -0.431. The number of ketones is 1. The van der Waals surface area contributed by atoms with Crippen LogP contribution in [-0.4, -0.2) is 36.5 Å². The Morgan fingerprint density at radius 3 is 2.75 bits per heavy atom. The molecule has 0 saturated carbocycles. The summed E-state index contributed by atoms with van der Waals surface area (Å²) in [5, 5.41) is 11.6. The number of carbonyl (C=O) groups is 2. The van der Waals surface area contributed by atoms with Crippen LogP contribution in [-0.2, 0) is 19.1 Å². The van der Waals surface area contributed by atoms with Crippen molar-refractivity contribution in [3.05, 3.63) is 57.8 Å². The zero-order chi connectivity index (χ0) is 17.5. The molecule has 7 heteroatoms. The Morgan fingerprint density at radius 1 is 1.46 bits per heavy atom. The second-order valence-electron chi connectivity index (χ2n) is 5.36. The molecule has 0 bridgehead atoms. The first-order chi connectivity index (χ1) is 11.5. The highest BCUT2D eigenvalue weighted by Crippen LogP contribution is 2.35. The van der Waals surface area contributed by atoms with Gasteiger partial charge < -0.3 is 9.47 Å². The predicted octanol–water partition coefficient (Wildman–Crippen LogP) is 2.10. The number of hydrogen-bond donors (Lipinski definition) is 0. The van der Waals surface area contributed by atoms with Gasteiger partial charge in [-0.3, -0.25) is 14.9 Å². The zero-order valence-corrected chi connectivity index (χ0v) is 13.3. The summed E-state index contributed by atoms with van der Waals surface area (Å²) in [5.41, 5.74) is 0.233. The van der Waals surface area contributed by atoms with Gasteiger partial charge >= 0.3 is 5.97 Å². The van der Waals surface area contributed by atoms with E-state index in [9.17, 15) is 19.7 Å². The molecule has 2 rings (SSSR count). The Bertz CT molecular complexity index is 640. The minimum Gasteiger partial charge on any atom is -0.463 e. The van der Waals surface area contributed by atoms with E-state index in [1.165, 1.54) is 0 Å². The lowest BCUT2D eigenvalue weighted by atomic mass is 9.79. The van der Waals surface area contributed by atoms with Crippen molar-refractivity contribution in [1.29, 1.82) is 0 Å². The van der Waals surface area contributed by atoms with Crippen LogP contribution in [0.25, 0.3) is 0 Å². The van der Waals surface area contributed by atoms with Crippen LogP contribution in [0, 0.1) is 16.0 Å². The van der Waals surface area contributed by atoms with E-state index < -0.39 is 22.7 Å². The number of benzene rings is 1. The molecule has 0 aromatic heterocycles. The Balaban J connectivity index is 2.48. The third kappa shape index (κ3) is 4.26. The molecule has 128 valence electrons. The first kappa shape index (κ1) is 17.8. The number of Topliss-reactive ketones (excluding diaryl/α,β-unsaturated/α-hetero) is 1. The fourth-order valence-electron chi connectivity index (χ4n) is 2.77. The van der Waals surface area contributed by atoms with Gasteiger partial charge in [-0.2, -0.15) is 0 Å². The van der Waals surface area contributed by atoms with Gasteiger partial charge in [-0.15, -0.1) is 0 Å². The highest BCUT2D eigenvalue weighted by Gasteiger charge is 2.40. The zero-order valence-electron chi connectivity index (χ0n) is 13.3. The predicted molar refractivity (Wildman–Crippen MR) is 84.8 cm³/mol. The van der Waals surface area contributed by atoms with E-state index in [1.54, 1.807) is 37.3 Å². The maximum atomic E-state index is 12.3. The fourth-order valence-corrected chi connectivity index (χ4v) is 2.77. The number of allylic oxidation sites excluding steroid dienone is 1. The molecular formula is C17H19NO6. The Morgan fingerprint density at radius 2 is 2.17 bits per heavy atom. The third-order valence-corrected chi connectivity index (χ3v) is 3.85. The number of hydrogen-bond acceptors (Lipinski definition) is 6. The van der Waals surface area contributed by atoms with Crippen molar-refractivity contribution in [2.45, 2.75) is 19.3 Å². The van der Waals surface area contributed by atoms with Crippen LogP contribution in [0.2, 0.25) is 0 Å². The van der Waals surface area contributed by atoms with Crippen molar-refractivity contribution in [2.24, 2.45) is 5.92 Å². The minimum atomic E-state index is -0.863. The van der Waals surface area contributed by atoms with Crippen LogP contribution >= 0.6 is 0 Å². The molecule has 0 spiro atoms. The van der Waals surface area contributed by atoms with E-state index in [1.807, 2.05) is 0 Å². The molecule has 0 radical (unpaired) electrons. The van der Waals surface area contributed by atoms with Gasteiger partial charge in [0.25, 0.3) is 5.70 Å². The largest absolute Gasteiger partial charge is 0.463 e. The van der Waals surface area contributed by atoms with Gasteiger partial charge in [-0.05, 0) is 12.5 Å². The number of esters is 1. The van der Waals surface area contributed by atoms with Gasteiger partial charge in [0.2, 0.25) is 0 Å². The number of nitrogens with zero attached hydrogens (tertiary/aromatic N) is 1. The Labute approximate surface area is 139 Å². The topological polar surface area (TPSA) is 95.7 Å². The molecule has 7 nitrogen and oxygen atoms in total. The summed E-state index contributed by atoms with van der Waals surface area (Å²) >= 11 is 0. The molecule has 24 heavy (non-hydrogen) atoms. The summed E-state index contributed by atoms with van der Waals surface area (Å²) in [5.74, 6) is -2.47. The second-order valence-corrected chi connectivity index (χ2v) is 5.36. The molecule has 1 aromatic rings. The highest BCUT2D eigenvalue weighted by molar-refractivity contribution is 5.85. The number of rotatable bonds is 6. The van der Waals surface area contributed by atoms with Gasteiger partial charge in [0.15, 0.2) is 0 Å². The SMILES string of the molecule is CCOC(=O)/C=C(/[C@@H](c1ccccc1)[C@@H]1COCCC1=O)[N+](=O)[O-]. The number of ether oxygens (including phenoxy) is 2. The van der Waals surface area contributed by atoms with E-state index in [2.05, 4.69) is 0 Å². The molecule has 0 aliphatic carbocycles. The van der Waals surface area contributed by atoms with Gasteiger partial charge in [0.05, 0.1) is 42.7 Å². The molecule has 2 atom stereocenters. The number of nitro groups is 1. The van der Waals surface area contributed by atoms with Crippen LogP contribution in [0.5, 0.6) is 0 Å². The molecule has 1 aliphatic rings. The second kappa shape index (κ2) is 8.35. The molecule has 1 aliphatic heterocycles. The third-order valence-electron chi connectivity index (χ3n) is 3.85. The summed E-state index contributed by atoms with van der Waals surface area (Å²) in [6, 6.07) is 8.65. The van der Waals surface area contributed by atoms with E-state index in [-0.39, 0.29) is 31.1 Å². The molecule has 1 heterocycles. The lowest BCUT2D eigenvalue weighted by Crippen LogP contribution is -2.34. The molecule has 0 unspecified atom stereocenters. The summed E-state index contributed by atoms with van der Waals surface area (Å²) in [6.45, 7) is 2.13. The van der Waals surface area contributed by atoms with E-state index in [0.717, 1.165) is 6.08 Å². The molecule has 0 amide bonds. The van der Waals surface area contributed by atoms with Crippen molar-refractivity contribution in [2.75, 3.05) is 19.8 Å². The van der Waals surface area contributed by atoms with Crippen LogP contribution in [0.1, 0.15) is 24.8 Å². The highest BCUT2D eigenvalue weighted by atomic mass is 16.6. The Hall–Kier alpha value is -2.54. The molecule has 1 aromatic carbocycles. The lowest BCUT2D eigenvalue weighted by Gasteiger charge is -2.27. The minimum absolute atomic E-state index is 0.0897. The average molecular weight is 333 g/mol. The van der Waals surface area contributed by atoms with Crippen molar-refractivity contribution in [3.63, 3.8) is 0 Å². The first-order valence-electron chi connectivity index (χ1n) is 7.72. The van der Waals surface area contributed by atoms with Crippen molar-refractivity contribution in [1.82, 2.24) is 0 Å². The van der Waals surface area contributed by atoms with E-state index in [4.69, 9.17) is 9.47 Å². The van der Waals surface area contributed by atoms with Gasteiger partial charge in [-0.1, -0.05) is 30.3 Å². The normalized spacial score (nSPS) is 19.6. The Kier molecular flexibility index (Phi) is 6.20. The fraction of sp³-hybridized carbons (Fsp3) is 0.412. The number of carbonyl (C=O) groups excluding carboxylic acids is 2. The van der Waals surface area contributed by atoms with Gasteiger partial charge in [0, 0.05) is 6.42 Å². The van der Waals surface area contributed by atoms with E-state index >= 15 is 0 Å². The smallest absolute Gasteiger partial charge is 0.337 e. The molecule has 1 fully saturated rings. The van der Waals surface area contributed by atoms with Crippen LogP contribution in [0.3, 0.4) is 0 Å². The van der Waals surface area contributed by atoms with Gasteiger partial charge in [-0.25, -0.2) is 4.79 Å². The standard InChI is InChI=1S/C17H19NO6/c1-2-24-16(20)10-14(18(21)22)17(12-6-4-3-5-7-12)13-11-23-9-8-15(13)19/h3-7,10,13,17H,2,8-9,11H2,1H3/b14-10-/t13-,17+/m1/s1. The monoisotopic (exact) mass is 333 g/mol. The maximum absolute atomic E-state index is 12.3. The van der Waals surface area contributed by atoms with Crippen molar-refractivity contribution < 1.29 is 24.0 Å². The average Bonchev–Trinajstić information content (AvgIpc) is 2.57. The molecule has 0 N–H and O–H groups in total. The van der Waals surface area contributed by atoms with Crippen LogP contribution < -0.4 is 0 Å².